The molecule has 0 bridgehead atoms. The molecule has 2 N–H and O–H groups in total. The fourth-order valence-corrected chi connectivity index (χ4v) is 5.15. The topological polar surface area (TPSA) is 104 Å². The van der Waals surface area contributed by atoms with E-state index in [9.17, 15) is 9.18 Å². The molecule has 0 saturated heterocycles. The van der Waals surface area contributed by atoms with Crippen molar-refractivity contribution in [3.05, 3.63) is 65.5 Å². The molecule has 9 nitrogen and oxygen atoms in total. The van der Waals surface area contributed by atoms with Crippen molar-refractivity contribution in [2.45, 2.75) is 19.0 Å². The van der Waals surface area contributed by atoms with Gasteiger partial charge in [-0.25, -0.2) is 9.37 Å². The van der Waals surface area contributed by atoms with Gasteiger partial charge in [0.1, 0.15) is 12.4 Å². The fourth-order valence-electron chi connectivity index (χ4n) is 5.15. The number of fused-ring (bicyclic) bond motifs is 3. The van der Waals surface area contributed by atoms with Crippen LogP contribution < -0.4 is 10.5 Å². The van der Waals surface area contributed by atoms with E-state index in [0.717, 1.165) is 44.8 Å². The van der Waals surface area contributed by atoms with Crippen LogP contribution in [0.25, 0.3) is 33.5 Å². The summed E-state index contributed by atoms with van der Waals surface area (Å²) in [5.41, 5.74) is 10.9. The van der Waals surface area contributed by atoms with E-state index >= 15 is 0 Å². The fraction of sp³-hybridized carbons (Fsp3) is 0.296. The zero-order chi connectivity index (χ0) is 25.7. The second kappa shape index (κ2) is 9.04. The Bertz CT molecular complexity index is 1620. The van der Waals surface area contributed by atoms with Crippen molar-refractivity contribution in [3.63, 3.8) is 0 Å². The molecule has 1 atom stereocenters. The lowest BCUT2D eigenvalue weighted by Gasteiger charge is -2.30. The van der Waals surface area contributed by atoms with E-state index < -0.39 is 12.7 Å². The summed E-state index contributed by atoms with van der Waals surface area (Å²) in [6, 6.07) is 13.1. The first-order valence-electron chi connectivity index (χ1n) is 12.1. The monoisotopic (exact) mass is 502 g/mol. The number of rotatable bonds is 7. The van der Waals surface area contributed by atoms with Gasteiger partial charge in [0.05, 0.1) is 48.1 Å². The summed E-state index contributed by atoms with van der Waals surface area (Å²) in [5, 5.41) is 4.89. The molecule has 1 aliphatic rings. The van der Waals surface area contributed by atoms with E-state index in [4.69, 9.17) is 20.0 Å². The zero-order valence-electron chi connectivity index (χ0n) is 20.6. The highest BCUT2D eigenvalue weighted by Gasteiger charge is 2.28. The van der Waals surface area contributed by atoms with Crippen molar-refractivity contribution in [3.8, 4) is 17.3 Å². The van der Waals surface area contributed by atoms with Crippen LogP contribution in [0.15, 0.2) is 53.2 Å². The summed E-state index contributed by atoms with van der Waals surface area (Å²) in [6.45, 7) is 0.523. The first-order valence-corrected chi connectivity index (χ1v) is 12.1. The maximum atomic E-state index is 13.2. The predicted molar refractivity (Wildman–Crippen MR) is 137 cm³/mol. The number of halogens is 1. The molecule has 4 heterocycles. The van der Waals surface area contributed by atoms with Gasteiger partial charge in [-0.15, -0.1) is 0 Å². The number of carbonyl (C=O) groups excluding carboxylic acids is 1. The van der Waals surface area contributed by atoms with Gasteiger partial charge in [-0.2, -0.15) is 0 Å². The number of nitrogens with two attached hydrogens (primary N) is 1. The van der Waals surface area contributed by atoms with Crippen LogP contribution >= 0.6 is 0 Å². The number of imidazole rings is 1. The summed E-state index contributed by atoms with van der Waals surface area (Å²) in [4.78, 5) is 19.8. The normalized spacial score (nSPS) is 14.5. The van der Waals surface area contributed by atoms with Gasteiger partial charge in [0.25, 0.3) is 5.91 Å². The molecule has 0 spiro atoms. The first-order chi connectivity index (χ1) is 18.0. The van der Waals surface area contributed by atoms with Gasteiger partial charge >= 0.3 is 0 Å². The standard InChI is InChI=1S/C27H27FN6O3/c1-32-24-9-16-6-8-33(14-18(29)13-28)27(35)21(16)12-22(24)31-26(32)25-10-17-3-4-19(36-2)11-23(17)34(25)15-20-5-7-30-37-20/h3-5,7,9-12,18H,6,8,13-15,29H2,1-2H3/t18-/m1/s1. The minimum absolute atomic E-state index is 0.134. The van der Waals surface area contributed by atoms with Crippen LogP contribution in [-0.2, 0) is 20.0 Å². The number of hydrogen-bond donors (Lipinski definition) is 1. The highest BCUT2D eigenvalue weighted by molar-refractivity contribution is 6.00. The van der Waals surface area contributed by atoms with E-state index in [1.165, 1.54) is 0 Å². The van der Waals surface area contributed by atoms with E-state index in [1.807, 2.05) is 48.0 Å². The molecule has 1 amide bonds. The maximum absolute atomic E-state index is 13.2. The Morgan fingerprint density at radius 2 is 2.05 bits per heavy atom. The van der Waals surface area contributed by atoms with Gasteiger partial charge in [0.15, 0.2) is 11.6 Å². The van der Waals surface area contributed by atoms with Crippen LogP contribution in [0.2, 0.25) is 0 Å². The second-order valence-corrected chi connectivity index (χ2v) is 9.43. The number of amides is 1. The third kappa shape index (κ3) is 3.93. The molecule has 1 aliphatic heterocycles. The van der Waals surface area contributed by atoms with Gasteiger partial charge in [0, 0.05) is 43.2 Å². The number of carbonyl (C=O) groups is 1. The van der Waals surface area contributed by atoms with E-state index in [1.54, 1.807) is 18.2 Å². The zero-order valence-corrected chi connectivity index (χ0v) is 20.6. The average molecular weight is 503 g/mol. The quantitative estimate of drug-likeness (QED) is 0.365. The Balaban J connectivity index is 1.47. The van der Waals surface area contributed by atoms with Gasteiger partial charge in [-0.3, -0.25) is 4.79 Å². The number of hydrogen-bond acceptors (Lipinski definition) is 6. The smallest absolute Gasteiger partial charge is 0.254 e. The number of ether oxygens (including phenoxy) is 1. The average Bonchev–Trinajstić information content (AvgIpc) is 3.63. The van der Waals surface area contributed by atoms with Gasteiger partial charge in [-0.05, 0) is 42.3 Å². The summed E-state index contributed by atoms with van der Waals surface area (Å²) in [5.74, 6) is 2.10. The third-order valence-corrected chi connectivity index (χ3v) is 7.07. The lowest BCUT2D eigenvalue weighted by Crippen LogP contribution is -2.45. The Labute approximate surface area is 212 Å². The molecule has 0 radical (unpaired) electrons. The van der Waals surface area contributed by atoms with Crippen molar-refractivity contribution in [2.24, 2.45) is 12.8 Å². The van der Waals surface area contributed by atoms with Crippen LogP contribution in [0.5, 0.6) is 5.75 Å². The minimum Gasteiger partial charge on any atom is -0.497 e. The van der Waals surface area contributed by atoms with Crippen LogP contribution in [0.3, 0.4) is 0 Å². The third-order valence-electron chi connectivity index (χ3n) is 7.07. The van der Waals surface area contributed by atoms with Gasteiger partial charge < -0.3 is 29.0 Å². The Hall–Kier alpha value is -4.18. The van der Waals surface area contributed by atoms with E-state index in [0.29, 0.717) is 30.8 Å². The molecular formula is C27H27FN6O3. The number of aromatic nitrogens is 4. The van der Waals surface area contributed by atoms with Crippen LogP contribution in [-0.4, -0.2) is 63.0 Å². The van der Waals surface area contributed by atoms with Gasteiger partial charge in [0.2, 0.25) is 0 Å². The van der Waals surface area contributed by atoms with Crippen molar-refractivity contribution < 1.29 is 18.4 Å². The van der Waals surface area contributed by atoms with Crippen molar-refractivity contribution in [1.82, 2.24) is 24.2 Å². The maximum Gasteiger partial charge on any atom is 0.254 e. The molecular weight excluding hydrogens is 475 g/mol. The number of alkyl halides is 1. The molecule has 3 aromatic heterocycles. The Kier molecular flexibility index (Phi) is 5.68. The van der Waals surface area contributed by atoms with Crippen LogP contribution in [0.1, 0.15) is 21.7 Å². The largest absolute Gasteiger partial charge is 0.497 e. The summed E-state index contributed by atoms with van der Waals surface area (Å²) >= 11 is 0. The molecule has 0 aliphatic carbocycles. The first kappa shape index (κ1) is 23.2. The van der Waals surface area contributed by atoms with Crippen molar-refractivity contribution >= 4 is 27.8 Å². The van der Waals surface area contributed by atoms with E-state index in [2.05, 4.69) is 15.8 Å². The molecule has 190 valence electrons. The predicted octanol–water partition coefficient (Wildman–Crippen LogP) is 3.54. The van der Waals surface area contributed by atoms with Crippen molar-refractivity contribution in [1.29, 1.82) is 0 Å². The van der Waals surface area contributed by atoms with E-state index in [-0.39, 0.29) is 12.5 Å². The lowest BCUT2D eigenvalue weighted by molar-refractivity contribution is 0.0725. The summed E-state index contributed by atoms with van der Waals surface area (Å²) in [6.07, 6.45) is 2.31. The molecule has 10 heteroatoms. The number of benzene rings is 2. The molecule has 0 saturated carbocycles. The number of nitrogens with zero attached hydrogens (tertiary/aromatic N) is 5. The highest BCUT2D eigenvalue weighted by Crippen LogP contribution is 2.34. The molecule has 37 heavy (non-hydrogen) atoms. The molecule has 0 unspecified atom stereocenters. The molecule has 5 aromatic rings. The number of aryl methyl sites for hydroxylation is 1. The number of methoxy groups -OCH3 is 1. The SMILES string of the molecule is COc1ccc2cc(-c3nc4cc5c(cc4n3C)CCN(C[C@H](N)CF)C5=O)n(Cc3ccno3)c2c1. The molecule has 6 rings (SSSR count). The van der Waals surface area contributed by atoms with Crippen molar-refractivity contribution in [2.75, 3.05) is 26.9 Å². The highest BCUT2D eigenvalue weighted by atomic mass is 19.1. The Morgan fingerprint density at radius 3 is 2.81 bits per heavy atom. The summed E-state index contributed by atoms with van der Waals surface area (Å²) < 4.78 is 28.0. The van der Waals surface area contributed by atoms with Crippen LogP contribution in [0, 0.1) is 0 Å². The second-order valence-electron chi connectivity index (χ2n) is 9.43. The summed E-state index contributed by atoms with van der Waals surface area (Å²) in [7, 11) is 3.62. The molecule has 0 fully saturated rings. The minimum atomic E-state index is -0.680. The van der Waals surface area contributed by atoms with Gasteiger partial charge in [-0.1, -0.05) is 5.16 Å². The lowest BCUT2D eigenvalue weighted by atomic mass is 9.97. The van der Waals surface area contributed by atoms with Crippen LogP contribution in [0.4, 0.5) is 4.39 Å². The Morgan fingerprint density at radius 1 is 1.19 bits per heavy atom. The molecule has 2 aromatic carbocycles.